The van der Waals surface area contributed by atoms with Gasteiger partial charge in [-0.2, -0.15) is 0 Å². The van der Waals surface area contributed by atoms with Gasteiger partial charge in [0.1, 0.15) is 30.3 Å². The molecule has 2 aliphatic heterocycles. The quantitative estimate of drug-likeness (QED) is 0.221. The van der Waals surface area contributed by atoms with Crippen molar-refractivity contribution in [2.24, 2.45) is 29.6 Å². The average Bonchev–Trinajstić information content (AvgIpc) is 3.55. The van der Waals surface area contributed by atoms with Gasteiger partial charge in [-0.05, 0) is 54.7 Å². The summed E-state index contributed by atoms with van der Waals surface area (Å²) in [6.45, 7) is 16.4. The Kier molecular flexibility index (Phi) is 16.7. The van der Waals surface area contributed by atoms with Crippen LogP contribution in [-0.4, -0.2) is 107 Å². The Morgan fingerprint density at radius 2 is 1.40 bits per heavy atom. The summed E-state index contributed by atoms with van der Waals surface area (Å²) in [6.07, 6.45) is 0.712. The summed E-state index contributed by atoms with van der Waals surface area (Å²) in [5, 5.41) is 2.87. The van der Waals surface area contributed by atoms with Crippen LogP contribution >= 0.6 is 15.9 Å². The molecule has 0 saturated carbocycles. The zero-order valence-electron chi connectivity index (χ0n) is 31.8. The van der Waals surface area contributed by atoms with Crippen molar-refractivity contribution in [2.45, 2.75) is 137 Å². The van der Waals surface area contributed by atoms with Crippen molar-refractivity contribution in [2.75, 3.05) is 20.6 Å². The topological polar surface area (TPSA) is 143 Å². The number of likely N-dealkylation sites (N-methyl/N-ethyl adjacent to an activating group) is 2. The molecule has 1 unspecified atom stereocenters. The molecule has 1 N–H and O–H groups in total. The lowest BCUT2D eigenvalue weighted by Crippen LogP contribution is -2.58. The Hall–Kier alpha value is -3.14. The summed E-state index contributed by atoms with van der Waals surface area (Å²) < 4.78 is 12.1. The molecular weight excluding hydrogens is 708 g/mol. The smallest absolute Gasteiger partial charge is 0.329 e. The predicted octanol–water partition coefficient (Wildman–Crippen LogP) is 4.13. The van der Waals surface area contributed by atoms with Gasteiger partial charge in [0.15, 0.2) is 6.10 Å². The maximum absolute atomic E-state index is 14.2. The Balaban J connectivity index is 2.74. The van der Waals surface area contributed by atoms with E-state index < -0.39 is 83.8 Å². The van der Waals surface area contributed by atoms with E-state index in [-0.39, 0.29) is 24.3 Å². The molecule has 2 heterocycles. The molecule has 13 heteroatoms. The molecule has 2 fully saturated rings. The molecule has 0 aromatic carbocycles. The van der Waals surface area contributed by atoms with Gasteiger partial charge in [-0.3, -0.25) is 19.2 Å². The number of esters is 2. The number of nitrogens with one attached hydrogen (secondary N) is 1. The van der Waals surface area contributed by atoms with Crippen LogP contribution < -0.4 is 5.32 Å². The third kappa shape index (κ3) is 10.5. The van der Waals surface area contributed by atoms with E-state index in [1.165, 1.54) is 28.8 Å². The van der Waals surface area contributed by atoms with Crippen molar-refractivity contribution in [3.63, 3.8) is 0 Å². The molecule has 0 bridgehead atoms. The number of cyclic esters (lactones) is 2. The molecule has 50 heavy (non-hydrogen) atoms. The van der Waals surface area contributed by atoms with E-state index in [0.29, 0.717) is 38.5 Å². The summed E-state index contributed by atoms with van der Waals surface area (Å²) in [5.74, 6) is -2.74. The maximum Gasteiger partial charge on any atom is 0.329 e. The average molecular weight is 768 g/mol. The van der Waals surface area contributed by atoms with E-state index in [9.17, 15) is 28.8 Å². The molecule has 0 aliphatic carbocycles. The summed E-state index contributed by atoms with van der Waals surface area (Å²) >= 11 is 3.09. The molecule has 12 nitrogen and oxygen atoms in total. The largest absolute Gasteiger partial charge is 0.460 e. The molecule has 0 radical (unpaired) electrons. The Morgan fingerprint density at radius 1 is 0.840 bits per heavy atom. The van der Waals surface area contributed by atoms with E-state index in [4.69, 9.17) is 9.47 Å². The molecule has 282 valence electrons. The molecule has 2 saturated heterocycles. The van der Waals surface area contributed by atoms with Gasteiger partial charge < -0.3 is 29.5 Å². The van der Waals surface area contributed by atoms with Gasteiger partial charge in [0.25, 0.3) is 5.91 Å². The molecule has 8 atom stereocenters. The first-order valence-corrected chi connectivity index (χ1v) is 18.8. The number of nitrogens with zero attached hydrogens (tertiary/aromatic N) is 3. The van der Waals surface area contributed by atoms with Crippen LogP contribution in [0.1, 0.15) is 101 Å². The highest BCUT2D eigenvalue weighted by atomic mass is 79.9. The van der Waals surface area contributed by atoms with Crippen LogP contribution in [0.4, 0.5) is 0 Å². The van der Waals surface area contributed by atoms with Crippen molar-refractivity contribution in [3.05, 3.63) is 0 Å². The number of carbonyl (C=O) groups is 6. The number of rotatable bonds is 8. The van der Waals surface area contributed by atoms with Crippen molar-refractivity contribution in [1.82, 2.24) is 20.0 Å². The first-order chi connectivity index (χ1) is 23.4. The van der Waals surface area contributed by atoms with Crippen LogP contribution in [0.5, 0.6) is 0 Å². The summed E-state index contributed by atoms with van der Waals surface area (Å²) in [6, 6.07) is -3.94. The molecule has 4 amide bonds. The molecule has 2 aliphatic rings. The number of carbonyl (C=O) groups excluding carboxylic acids is 6. The van der Waals surface area contributed by atoms with Gasteiger partial charge >= 0.3 is 11.9 Å². The minimum Gasteiger partial charge on any atom is -0.460 e. The van der Waals surface area contributed by atoms with E-state index in [2.05, 4.69) is 32.0 Å². The highest BCUT2D eigenvalue weighted by Gasteiger charge is 2.46. The second kappa shape index (κ2) is 19.5. The van der Waals surface area contributed by atoms with E-state index in [0.717, 1.165) is 0 Å². The van der Waals surface area contributed by atoms with Gasteiger partial charge in [-0.1, -0.05) is 68.2 Å². The van der Waals surface area contributed by atoms with Gasteiger partial charge in [0.2, 0.25) is 17.7 Å². The number of fused-ring (bicyclic) bond motifs is 1. The second-order valence-electron chi connectivity index (χ2n) is 14.9. The zero-order valence-corrected chi connectivity index (χ0v) is 33.4. The first-order valence-electron chi connectivity index (χ1n) is 18.0. The van der Waals surface area contributed by atoms with E-state index in [1.54, 1.807) is 48.5 Å². The van der Waals surface area contributed by atoms with E-state index in [1.807, 2.05) is 13.8 Å². The molecular formula is C37H59BrN4O8. The third-order valence-corrected chi connectivity index (χ3v) is 10.4. The Bertz CT molecular complexity index is 1290. The predicted molar refractivity (Wildman–Crippen MR) is 193 cm³/mol. The minimum absolute atomic E-state index is 0.289. The Labute approximate surface area is 307 Å². The van der Waals surface area contributed by atoms with E-state index >= 15 is 0 Å². The number of ether oxygens (including phenoxy) is 2. The zero-order chi connectivity index (χ0) is 38.0. The normalized spacial score (nSPS) is 28.8. The fraction of sp³-hybridized carbons (Fsp3) is 0.784. The first kappa shape index (κ1) is 43.0. The van der Waals surface area contributed by atoms with Crippen LogP contribution in [0.2, 0.25) is 0 Å². The minimum atomic E-state index is -1.19. The van der Waals surface area contributed by atoms with Crippen LogP contribution in [0.15, 0.2) is 0 Å². The van der Waals surface area contributed by atoms with Gasteiger partial charge in [0.05, 0.1) is 5.92 Å². The fourth-order valence-electron chi connectivity index (χ4n) is 6.79. The van der Waals surface area contributed by atoms with Gasteiger partial charge in [0, 0.05) is 48.9 Å². The molecule has 0 aromatic heterocycles. The van der Waals surface area contributed by atoms with Crippen LogP contribution in [0, 0.1) is 40.3 Å². The maximum atomic E-state index is 14.2. The van der Waals surface area contributed by atoms with Crippen molar-refractivity contribution >= 4 is 51.5 Å². The fourth-order valence-corrected chi connectivity index (χ4v) is 6.99. The number of amides is 4. The van der Waals surface area contributed by atoms with Gasteiger partial charge in [-0.25, -0.2) is 9.59 Å². The SMILES string of the molecule is CC[C@H](C)[C@@H]1OC(=O)[C@H](C(C)C)N(C)C(=O)[C@H](C(C)C)NC(=O)[C@@H](C)[C@@H](CCCC#CBr)OC(=O)C(C(C)C)N(C)C(=O)[C@@H]2CCCN2C1=O. The van der Waals surface area contributed by atoms with Crippen molar-refractivity contribution < 1.29 is 38.2 Å². The lowest BCUT2D eigenvalue weighted by Gasteiger charge is -2.37. The summed E-state index contributed by atoms with van der Waals surface area (Å²) in [4.78, 5) is 90.9. The molecule has 2 rings (SSSR count). The third-order valence-electron chi connectivity index (χ3n) is 10.1. The highest BCUT2D eigenvalue weighted by Crippen LogP contribution is 2.28. The monoisotopic (exact) mass is 766 g/mol. The molecule has 0 aromatic rings. The summed E-state index contributed by atoms with van der Waals surface area (Å²) in [5.41, 5.74) is 0. The number of hydrogen-bond acceptors (Lipinski definition) is 8. The highest BCUT2D eigenvalue weighted by molar-refractivity contribution is 9.12. The lowest BCUT2D eigenvalue weighted by atomic mass is 9.95. The summed E-state index contributed by atoms with van der Waals surface area (Å²) in [7, 11) is 3.02. The molecule has 0 spiro atoms. The number of unbranched alkanes of at least 4 members (excludes halogenated alkanes) is 1. The van der Waals surface area contributed by atoms with Crippen LogP contribution in [-0.2, 0) is 38.2 Å². The van der Waals surface area contributed by atoms with Crippen molar-refractivity contribution in [1.29, 1.82) is 0 Å². The number of halogens is 1. The lowest BCUT2D eigenvalue weighted by molar-refractivity contribution is -0.172. The standard InChI is InChI=1S/C37H59BrN4O8/c1-12-24(8)31-35(46)42-20-16-17-26(42)33(44)40(10)29(22(4)5)36(47)49-27(18-14-13-15-19-38)25(9)32(43)39-28(21(2)3)34(45)41(11)30(23(6)7)37(48)50-31/h21-31H,12-14,16-18,20H2,1-11H3,(H,39,43)/t24-,25-,26-,27+,28-,29?,30-,31-/m0/s1. The Morgan fingerprint density at radius 3 is 1.92 bits per heavy atom. The second-order valence-corrected chi connectivity index (χ2v) is 15.3. The van der Waals surface area contributed by atoms with Crippen LogP contribution in [0.3, 0.4) is 0 Å². The van der Waals surface area contributed by atoms with Crippen molar-refractivity contribution in [3.8, 4) is 10.8 Å². The van der Waals surface area contributed by atoms with Crippen LogP contribution in [0.25, 0.3) is 0 Å². The number of hydrogen-bond donors (Lipinski definition) is 1. The van der Waals surface area contributed by atoms with Gasteiger partial charge in [-0.15, -0.1) is 0 Å².